The van der Waals surface area contributed by atoms with E-state index < -0.39 is 5.91 Å². The number of nitrogens with zero attached hydrogens (tertiary/aromatic N) is 2. The van der Waals surface area contributed by atoms with E-state index in [-0.39, 0.29) is 11.0 Å². The second-order valence-corrected chi connectivity index (χ2v) is 8.15. The second kappa shape index (κ2) is 8.11. The van der Waals surface area contributed by atoms with Crippen LogP contribution in [-0.4, -0.2) is 21.1 Å². The highest BCUT2D eigenvalue weighted by atomic mass is 16.3. The van der Waals surface area contributed by atoms with Crippen molar-refractivity contribution in [2.45, 2.75) is 6.92 Å². The van der Waals surface area contributed by atoms with E-state index in [4.69, 9.17) is 8.83 Å². The van der Waals surface area contributed by atoms with Gasteiger partial charge >= 0.3 is 0 Å². The Labute approximate surface area is 198 Å². The van der Waals surface area contributed by atoms with Gasteiger partial charge in [0.15, 0.2) is 5.58 Å². The predicted molar refractivity (Wildman–Crippen MR) is 132 cm³/mol. The molecule has 0 aliphatic rings. The molecule has 3 aromatic heterocycles. The Bertz CT molecular complexity index is 1790. The van der Waals surface area contributed by atoms with Crippen molar-refractivity contribution in [3.05, 3.63) is 101 Å². The van der Waals surface area contributed by atoms with Crippen LogP contribution in [0.25, 0.3) is 44.8 Å². The molecular weight excluding hydrogens is 444 g/mol. The van der Waals surface area contributed by atoms with Crippen LogP contribution in [0.4, 0.5) is 5.69 Å². The van der Waals surface area contributed by atoms with E-state index >= 15 is 0 Å². The molecule has 8 heteroatoms. The highest BCUT2D eigenvalue weighted by molar-refractivity contribution is 6.05. The Hall–Kier alpha value is -4.98. The fourth-order valence-electron chi connectivity index (χ4n) is 4.00. The zero-order chi connectivity index (χ0) is 23.9. The molecule has 6 aromatic rings. The summed E-state index contributed by atoms with van der Waals surface area (Å²) in [6.07, 6.45) is 2.91. The smallest absolute Gasteiger partial charge is 0.262 e. The quantitative estimate of drug-likeness (QED) is 0.355. The van der Waals surface area contributed by atoms with Crippen LogP contribution in [0.3, 0.4) is 0 Å². The number of carbonyl (C=O) groups is 1. The number of H-pyrrole nitrogens is 1. The average molecular weight is 462 g/mol. The minimum absolute atomic E-state index is 0.0728. The second-order valence-electron chi connectivity index (χ2n) is 8.15. The van der Waals surface area contributed by atoms with E-state index in [0.717, 1.165) is 16.6 Å². The summed E-state index contributed by atoms with van der Waals surface area (Å²) in [6.45, 7) is 2.00. The van der Waals surface area contributed by atoms with Crippen LogP contribution in [0, 0.1) is 6.92 Å². The Kier molecular flexibility index (Phi) is 4.77. The lowest BCUT2D eigenvalue weighted by molar-refractivity contribution is 0.102. The molecule has 170 valence electrons. The minimum Gasteiger partial charge on any atom is -0.463 e. The molecule has 6 rings (SSSR count). The number of rotatable bonds is 4. The summed E-state index contributed by atoms with van der Waals surface area (Å²) >= 11 is 0. The molecule has 0 aliphatic heterocycles. The number of hydrogen-bond donors (Lipinski definition) is 2. The lowest BCUT2D eigenvalue weighted by Crippen LogP contribution is -2.21. The Balaban J connectivity index is 1.32. The molecule has 3 heterocycles. The van der Waals surface area contributed by atoms with Crippen LogP contribution in [-0.2, 0) is 0 Å². The number of aryl methyl sites for hydroxylation is 1. The van der Waals surface area contributed by atoms with Gasteiger partial charge in [0, 0.05) is 17.4 Å². The van der Waals surface area contributed by atoms with Gasteiger partial charge in [0.25, 0.3) is 5.91 Å². The van der Waals surface area contributed by atoms with Gasteiger partial charge in [-0.2, -0.15) is 5.10 Å². The molecular formula is C27H18N4O4. The molecule has 8 nitrogen and oxygen atoms in total. The van der Waals surface area contributed by atoms with Crippen molar-refractivity contribution in [2.75, 3.05) is 5.32 Å². The van der Waals surface area contributed by atoms with Crippen LogP contribution in [0.2, 0.25) is 0 Å². The first kappa shape index (κ1) is 20.6. The number of hydrogen-bond acceptors (Lipinski definition) is 6. The van der Waals surface area contributed by atoms with Gasteiger partial charge in [-0.1, -0.05) is 30.3 Å². The van der Waals surface area contributed by atoms with E-state index in [1.807, 2.05) is 31.2 Å². The maximum absolute atomic E-state index is 12.9. The first-order valence-corrected chi connectivity index (χ1v) is 10.9. The van der Waals surface area contributed by atoms with Crippen molar-refractivity contribution in [1.29, 1.82) is 0 Å². The normalized spacial score (nSPS) is 11.2. The molecule has 0 aliphatic carbocycles. The standard InChI is InChI=1S/C27H18N4O4/c1-15-9-10-23-21(11-15)30-27(35-23)19-13-28-31-24(19)16-5-4-6-17(12-16)29-26(33)20-14-34-22-8-3-2-7-18(22)25(20)32/h2-14H,1H3,(H,28,31)(H,29,33). The number of amides is 1. The van der Waals surface area contributed by atoms with E-state index in [0.29, 0.717) is 39.4 Å². The highest BCUT2D eigenvalue weighted by Crippen LogP contribution is 2.33. The Morgan fingerprint density at radius 1 is 1.00 bits per heavy atom. The topological polar surface area (TPSA) is 114 Å². The number of oxazole rings is 1. The average Bonchev–Trinajstić information content (AvgIpc) is 3.51. The van der Waals surface area contributed by atoms with Gasteiger partial charge in [-0.25, -0.2) is 4.98 Å². The number of nitrogens with one attached hydrogen (secondary N) is 2. The third kappa shape index (κ3) is 3.67. The molecule has 0 bridgehead atoms. The lowest BCUT2D eigenvalue weighted by atomic mass is 10.1. The molecule has 1 amide bonds. The van der Waals surface area contributed by atoms with Crippen LogP contribution in [0.5, 0.6) is 0 Å². The van der Waals surface area contributed by atoms with Gasteiger partial charge in [-0.3, -0.25) is 14.7 Å². The SMILES string of the molecule is Cc1ccc2oc(-c3c[nH]nc3-c3cccc(NC(=O)c4coc5ccccc5c4=O)c3)nc2c1. The maximum atomic E-state index is 12.9. The third-order valence-electron chi connectivity index (χ3n) is 5.73. The van der Waals surface area contributed by atoms with Crippen LogP contribution < -0.4 is 10.7 Å². The van der Waals surface area contributed by atoms with Gasteiger partial charge in [0.05, 0.1) is 10.9 Å². The van der Waals surface area contributed by atoms with Crippen molar-refractivity contribution in [3.63, 3.8) is 0 Å². The zero-order valence-electron chi connectivity index (χ0n) is 18.5. The number of para-hydroxylation sites is 1. The fourth-order valence-corrected chi connectivity index (χ4v) is 4.00. The molecule has 0 radical (unpaired) electrons. The predicted octanol–water partition coefficient (Wildman–Crippen LogP) is 5.55. The number of carbonyl (C=O) groups excluding carboxylic acids is 1. The number of fused-ring (bicyclic) bond motifs is 2. The molecule has 0 spiro atoms. The van der Waals surface area contributed by atoms with E-state index in [1.165, 1.54) is 6.26 Å². The minimum atomic E-state index is -0.557. The molecule has 2 N–H and O–H groups in total. The number of benzene rings is 3. The number of aromatic nitrogens is 3. The van der Waals surface area contributed by atoms with Gasteiger partial charge in [-0.05, 0) is 48.9 Å². The van der Waals surface area contributed by atoms with Crippen molar-refractivity contribution >= 4 is 33.7 Å². The molecule has 0 saturated heterocycles. The van der Waals surface area contributed by atoms with Crippen molar-refractivity contribution in [1.82, 2.24) is 15.2 Å². The monoisotopic (exact) mass is 462 g/mol. The molecule has 35 heavy (non-hydrogen) atoms. The van der Waals surface area contributed by atoms with Gasteiger partial charge in [-0.15, -0.1) is 0 Å². The van der Waals surface area contributed by atoms with Gasteiger partial charge in [0.2, 0.25) is 11.3 Å². The highest BCUT2D eigenvalue weighted by Gasteiger charge is 2.18. The maximum Gasteiger partial charge on any atom is 0.262 e. The van der Waals surface area contributed by atoms with Crippen molar-refractivity contribution in [2.24, 2.45) is 0 Å². The largest absolute Gasteiger partial charge is 0.463 e. The summed E-state index contributed by atoms with van der Waals surface area (Å²) in [7, 11) is 0. The van der Waals surface area contributed by atoms with Crippen molar-refractivity contribution in [3.8, 4) is 22.7 Å². The summed E-state index contributed by atoms with van der Waals surface area (Å²) in [5, 5.41) is 10.4. The van der Waals surface area contributed by atoms with Gasteiger partial charge < -0.3 is 14.2 Å². The first-order valence-electron chi connectivity index (χ1n) is 10.9. The molecule has 0 fully saturated rings. The number of aromatic amines is 1. The molecule has 0 saturated carbocycles. The fraction of sp³-hybridized carbons (Fsp3) is 0.0370. The molecule has 0 atom stereocenters. The zero-order valence-corrected chi connectivity index (χ0v) is 18.5. The summed E-state index contributed by atoms with van der Waals surface area (Å²) in [5.41, 5.74) is 5.07. The number of anilines is 1. The van der Waals surface area contributed by atoms with Crippen LogP contribution >= 0.6 is 0 Å². The van der Waals surface area contributed by atoms with E-state index in [2.05, 4.69) is 20.5 Å². The Morgan fingerprint density at radius 2 is 1.89 bits per heavy atom. The summed E-state index contributed by atoms with van der Waals surface area (Å²) < 4.78 is 11.4. The van der Waals surface area contributed by atoms with Crippen molar-refractivity contribution < 1.29 is 13.6 Å². The lowest BCUT2D eigenvalue weighted by Gasteiger charge is -2.07. The molecule has 0 unspecified atom stereocenters. The van der Waals surface area contributed by atoms with Crippen LogP contribution in [0.1, 0.15) is 15.9 Å². The van der Waals surface area contributed by atoms with E-state index in [9.17, 15) is 9.59 Å². The van der Waals surface area contributed by atoms with Gasteiger partial charge in [0.1, 0.15) is 28.6 Å². The summed E-state index contributed by atoms with van der Waals surface area (Å²) in [5.74, 6) is -0.115. The molecule has 3 aromatic carbocycles. The summed E-state index contributed by atoms with van der Waals surface area (Å²) in [4.78, 5) is 30.2. The third-order valence-corrected chi connectivity index (χ3v) is 5.73. The Morgan fingerprint density at radius 3 is 2.80 bits per heavy atom. The van der Waals surface area contributed by atoms with Crippen LogP contribution in [0.15, 0.2) is 92.8 Å². The first-order chi connectivity index (χ1) is 17.1. The summed E-state index contributed by atoms with van der Waals surface area (Å²) in [6, 6.07) is 19.8. The van der Waals surface area contributed by atoms with E-state index in [1.54, 1.807) is 48.7 Å².